The minimum atomic E-state index is -0.399. The Morgan fingerprint density at radius 1 is 0.586 bits per heavy atom. The molecule has 4 aromatic carbocycles. The fraction of sp³-hybridized carbons (Fsp3) is 0.0385. The second-order valence-electron chi connectivity index (χ2n) is 7.00. The van der Waals surface area contributed by atoms with Crippen molar-refractivity contribution in [3.63, 3.8) is 0 Å². The van der Waals surface area contributed by atoms with Crippen LogP contribution in [0.5, 0.6) is 0 Å². The molecule has 0 N–H and O–H groups in total. The van der Waals surface area contributed by atoms with E-state index in [4.69, 9.17) is 0 Å². The van der Waals surface area contributed by atoms with E-state index in [-0.39, 0.29) is 5.82 Å². The molecule has 0 unspecified atom stereocenters. The lowest BCUT2D eigenvalue weighted by atomic mass is 9.96. The van der Waals surface area contributed by atoms with E-state index in [9.17, 15) is 13.6 Å². The maximum Gasteiger partial charge on any atom is 0.150 e. The molecule has 0 aliphatic rings. The fourth-order valence-corrected chi connectivity index (χ4v) is 3.33. The van der Waals surface area contributed by atoms with Gasteiger partial charge in [-0.1, -0.05) is 78.4 Å². The zero-order valence-electron chi connectivity index (χ0n) is 15.8. The van der Waals surface area contributed by atoms with Gasteiger partial charge in [-0.3, -0.25) is 4.79 Å². The first-order valence-electron chi connectivity index (χ1n) is 9.27. The summed E-state index contributed by atoms with van der Waals surface area (Å²) in [7, 11) is 0. The molecule has 0 saturated carbocycles. The normalized spacial score (nSPS) is 10.7. The van der Waals surface area contributed by atoms with Crippen LogP contribution in [0, 0.1) is 18.6 Å². The zero-order chi connectivity index (χ0) is 20.4. The van der Waals surface area contributed by atoms with Gasteiger partial charge in [0.05, 0.1) is 0 Å². The lowest BCUT2D eigenvalue weighted by Gasteiger charge is -2.10. The molecule has 0 bridgehead atoms. The molecule has 0 amide bonds. The van der Waals surface area contributed by atoms with Crippen molar-refractivity contribution >= 4 is 6.29 Å². The predicted molar refractivity (Wildman–Crippen MR) is 113 cm³/mol. The molecule has 142 valence electrons. The first kappa shape index (κ1) is 18.8. The van der Waals surface area contributed by atoms with Crippen molar-refractivity contribution in [3.05, 3.63) is 108 Å². The van der Waals surface area contributed by atoms with Gasteiger partial charge < -0.3 is 0 Å². The van der Waals surface area contributed by atoms with Gasteiger partial charge in [-0.05, 0) is 41.3 Å². The molecule has 0 aromatic heterocycles. The van der Waals surface area contributed by atoms with E-state index < -0.39 is 5.82 Å². The van der Waals surface area contributed by atoms with E-state index in [0.717, 1.165) is 17.4 Å². The molecule has 0 aliphatic heterocycles. The number of benzene rings is 4. The van der Waals surface area contributed by atoms with Gasteiger partial charge in [0.2, 0.25) is 0 Å². The van der Waals surface area contributed by atoms with Crippen LogP contribution in [0.15, 0.2) is 84.9 Å². The van der Waals surface area contributed by atoms with Crippen LogP contribution in [-0.4, -0.2) is 6.29 Å². The number of carbonyl (C=O) groups excluding carboxylic acids is 1. The number of halogens is 2. The van der Waals surface area contributed by atoms with Crippen molar-refractivity contribution in [2.24, 2.45) is 0 Å². The number of aryl methyl sites for hydroxylation is 1. The number of rotatable bonds is 4. The molecule has 29 heavy (non-hydrogen) atoms. The first-order valence-corrected chi connectivity index (χ1v) is 9.27. The highest BCUT2D eigenvalue weighted by molar-refractivity contribution is 5.78. The number of hydrogen-bond donors (Lipinski definition) is 0. The molecule has 0 heterocycles. The summed E-state index contributed by atoms with van der Waals surface area (Å²) < 4.78 is 29.4. The third kappa shape index (κ3) is 3.85. The Morgan fingerprint density at radius 2 is 1.00 bits per heavy atom. The van der Waals surface area contributed by atoms with Crippen LogP contribution < -0.4 is 0 Å². The monoisotopic (exact) mass is 384 g/mol. The molecule has 0 radical (unpaired) electrons. The van der Waals surface area contributed by atoms with E-state index in [2.05, 4.69) is 0 Å². The highest BCUT2D eigenvalue weighted by atomic mass is 19.1. The molecule has 0 atom stereocenters. The number of aldehydes is 1. The van der Waals surface area contributed by atoms with Gasteiger partial charge >= 0.3 is 0 Å². The molecule has 1 nitrogen and oxygen atoms in total. The Bertz CT molecular complexity index is 1180. The van der Waals surface area contributed by atoms with Crippen LogP contribution in [0.1, 0.15) is 15.9 Å². The van der Waals surface area contributed by atoms with E-state index in [0.29, 0.717) is 33.4 Å². The summed E-state index contributed by atoms with van der Waals surface area (Å²) in [5.74, 6) is -0.746. The second kappa shape index (κ2) is 7.80. The largest absolute Gasteiger partial charge is 0.298 e. The molecule has 4 rings (SSSR count). The van der Waals surface area contributed by atoms with Crippen molar-refractivity contribution < 1.29 is 13.6 Å². The van der Waals surface area contributed by atoms with Crippen LogP contribution in [0.3, 0.4) is 0 Å². The molecular weight excluding hydrogens is 366 g/mol. The van der Waals surface area contributed by atoms with Crippen LogP contribution in [0.25, 0.3) is 33.4 Å². The molecule has 0 saturated heterocycles. The molecule has 4 aromatic rings. The van der Waals surface area contributed by atoms with Crippen molar-refractivity contribution in [1.82, 2.24) is 0 Å². The Balaban J connectivity index is 1.66. The third-order valence-corrected chi connectivity index (χ3v) is 4.99. The average molecular weight is 384 g/mol. The Kier molecular flexibility index (Phi) is 5.05. The van der Waals surface area contributed by atoms with E-state index in [1.165, 1.54) is 12.1 Å². The minimum Gasteiger partial charge on any atom is -0.298 e. The molecular formula is C26H18F2O. The first-order chi connectivity index (χ1) is 14.0. The van der Waals surface area contributed by atoms with E-state index in [1.54, 1.807) is 48.5 Å². The lowest BCUT2D eigenvalue weighted by Crippen LogP contribution is -1.90. The molecule has 0 fully saturated rings. The maximum absolute atomic E-state index is 14.7. The average Bonchev–Trinajstić information content (AvgIpc) is 2.74. The fourth-order valence-electron chi connectivity index (χ4n) is 3.33. The zero-order valence-corrected chi connectivity index (χ0v) is 15.8. The third-order valence-electron chi connectivity index (χ3n) is 4.99. The van der Waals surface area contributed by atoms with Crippen LogP contribution >= 0.6 is 0 Å². The quantitative estimate of drug-likeness (QED) is 0.343. The second-order valence-corrected chi connectivity index (χ2v) is 7.00. The Hall–Kier alpha value is -3.59. The van der Waals surface area contributed by atoms with E-state index in [1.807, 2.05) is 31.2 Å². The predicted octanol–water partition coefficient (Wildman–Crippen LogP) is 7.09. The topological polar surface area (TPSA) is 17.1 Å². The van der Waals surface area contributed by atoms with Gasteiger partial charge in [-0.2, -0.15) is 0 Å². The lowest BCUT2D eigenvalue weighted by molar-refractivity contribution is 0.112. The molecule has 3 heteroatoms. The number of hydrogen-bond acceptors (Lipinski definition) is 1. The van der Waals surface area contributed by atoms with Gasteiger partial charge in [0, 0.05) is 16.7 Å². The van der Waals surface area contributed by atoms with Gasteiger partial charge in [-0.15, -0.1) is 0 Å². The minimum absolute atomic E-state index is 0.347. The van der Waals surface area contributed by atoms with Crippen LogP contribution in [0.4, 0.5) is 8.78 Å². The van der Waals surface area contributed by atoms with Gasteiger partial charge in [-0.25, -0.2) is 8.78 Å². The van der Waals surface area contributed by atoms with Crippen LogP contribution in [0.2, 0.25) is 0 Å². The van der Waals surface area contributed by atoms with Crippen molar-refractivity contribution in [2.75, 3.05) is 0 Å². The summed E-state index contributed by atoms with van der Waals surface area (Å²) in [6, 6.07) is 24.2. The van der Waals surface area contributed by atoms with Crippen molar-refractivity contribution in [3.8, 4) is 33.4 Å². The van der Waals surface area contributed by atoms with Gasteiger partial charge in [0.25, 0.3) is 0 Å². The Labute approximate surface area is 168 Å². The van der Waals surface area contributed by atoms with Crippen LogP contribution in [-0.2, 0) is 0 Å². The standard InChI is InChI=1S/C26H18F2O/c1-17-2-6-19(7-3-17)23-12-10-21(14-25(23)27)22-11-13-24(26(28)15-22)20-8-4-18(16-29)5-9-20/h2-16H,1H3. The van der Waals surface area contributed by atoms with Crippen molar-refractivity contribution in [2.45, 2.75) is 6.92 Å². The smallest absolute Gasteiger partial charge is 0.150 e. The summed E-state index contributed by atoms with van der Waals surface area (Å²) in [4.78, 5) is 10.8. The SMILES string of the molecule is Cc1ccc(-c2ccc(-c3ccc(-c4ccc(C=O)cc4)c(F)c3)cc2F)cc1. The summed E-state index contributed by atoms with van der Waals surface area (Å²) in [6.07, 6.45) is 0.748. The summed E-state index contributed by atoms with van der Waals surface area (Å²) in [6.45, 7) is 1.98. The number of carbonyl (C=O) groups is 1. The van der Waals surface area contributed by atoms with Crippen molar-refractivity contribution in [1.29, 1.82) is 0 Å². The summed E-state index contributed by atoms with van der Waals surface area (Å²) >= 11 is 0. The molecule has 0 aliphatic carbocycles. The Morgan fingerprint density at radius 3 is 1.41 bits per heavy atom. The van der Waals surface area contributed by atoms with Gasteiger partial charge in [0.1, 0.15) is 17.9 Å². The van der Waals surface area contributed by atoms with E-state index >= 15 is 0 Å². The molecule has 0 spiro atoms. The van der Waals surface area contributed by atoms with Gasteiger partial charge in [0.15, 0.2) is 0 Å². The summed E-state index contributed by atoms with van der Waals surface area (Å²) in [5.41, 5.74) is 5.30. The maximum atomic E-state index is 14.7. The highest BCUT2D eigenvalue weighted by Crippen LogP contribution is 2.31. The highest BCUT2D eigenvalue weighted by Gasteiger charge is 2.11. The summed E-state index contributed by atoms with van der Waals surface area (Å²) in [5, 5.41) is 0.